The molecule has 4 aromatic rings. The summed E-state index contributed by atoms with van der Waals surface area (Å²) in [6, 6.07) is 7.25. The van der Waals surface area contributed by atoms with Gasteiger partial charge in [-0.3, -0.25) is 9.36 Å². The van der Waals surface area contributed by atoms with Crippen LogP contribution < -0.4 is 5.56 Å². The molecule has 0 aliphatic heterocycles. The molecule has 0 saturated carbocycles. The lowest BCUT2D eigenvalue weighted by atomic mass is 9.97. The van der Waals surface area contributed by atoms with Crippen LogP contribution in [-0.4, -0.2) is 19.7 Å². The molecule has 0 bridgehead atoms. The summed E-state index contributed by atoms with van der Waals surface area (Å²) < 4.78 is 6.88. The first kappa shape index (κ1) is 16.6. The van der Waals surface area contributed by atoms with Gasteiger partial charge >= 0.3 is 0 Å². The maximum atomic E-state index is 13.0. The summed E-state index contributed by atoms with van der Waals surface area (Å²) in [6.45, 7) is 0.194. The topological polar surface area (TPSA) is 73.8 Å². The van der Waals surface area contributed by atoms with Crippen molar-refractivity contribution in [3.63, 3.8) is 0 Å². The first-order valence-corrected chi connectivity index (χ1v) is 9.97. The monoisotopic (exact) mass is 398 g/mol. The maximum Gasteiger partial charge on any atom is 0.262 e. The Morgan fingerprint density at radius 1 is 1.26 bits per heavy atom. The van der Waals surface area contributed by atoms with Gasteiger partial charge in [0, 0.05) is 15.5 Å². The lowest BCUT2D eigenvalue weighted by molar-refractivity contribution is 0.369. The molecule has 8 heteroatoms. The third-order valence-corrected chi connectivity index (χ3v) is 6.23. The van der Waals surface area contributed by atoms with E-state index in [0.717, 1.165) is 35.0 Å². The van der Waals surface area contributed by atoms with E-state index in [4.69, 9.17) is 16.1 Å². The van der Waals surface area contributed by atoms with Crippen LogP contribution in [0, 0.1) is 0 Å². The van der Waals surface area contributed by atoms with Crippen LogP contribution in [0.3, 0.4) is 0 Å². The van der Waals surface area contributed by atoms with Crippen molar-refractivity contribution in [2.45, 2.75) is 32.2 Å². The molecule has 136 valence electrons. The maximum absolute atomic E-state index is 13.0. The number of nitrogens with zero attached hydrogens (tertiary/aromatic N) is 4. The average Bonchev–Trinajstić information content (AvgIpc) is 3.29. The number of hydrogen-bond donors (Lipinski definition) is 0. The lowest BCUT2D eigenvalue weighted by Crippen LogP contribution is -2.21. The average molecular weight is 399 g/mol. The van der Waals surface area contributed by atoms with Crippen LogP contribution in [0.15, 0.2) is 39.9 Å². The second kappa shape index (κ2) is 6.58. The fourth-order valence-corrected chi connectivity index (χ4v) is 4.91. The Morgan fingerprint density at radius 3 is 3.04 bits per heavy atom. The second-order valence-corrected chi connectivity index (χ2v) is 8.11. The third kappa shape index (κ3) is 2.96. The molecule has 5 rings (SSSR count). The Balaban J connectivity index is 1.50. The smallest absolute Gasteiger partial charge is 0.262 e. The molecule has 27 heavy (non-hydrogen) atoms. The van der Waals surface area contributed by atoms with E-state index in [1.54, 1.807) is 34.4 Å². The summed E-state index contributed by atoms with van der Waals surface area (Å²) >= 11 is 7.66. The molecule has 1 aliphatic rings. The van der Waals surface area contributed by atoms with Crippen LogP contribution in [0.5, 0.6) is 0 Å². The number of benzene rings is 1. The zero-order valence-corrected chi connectivity index (χ0v) is 15.9. The van der Waals surface area contributed by atoms with E-state index < -0.39 is 0 Å². The van der Waals surface area contributed by atoms with E-state index in [-0.39, 0.29) is 12.1 Å². The van der Waals surface area contributed by atoms with Crippen molar-refractivity contribution < 1.29 is 4.52 Å². The molecule has 0 N–H and O–H groups in total. The standard InChI is InChI=1S/C19H15ClN4O2S/c20-12-5-3-4-11(8-12)17-22-15(26-23-17)9-24-10-21-18-16(19(24)25)13-6-1-2-7-14(13)27-18/h3-5,8,10H,1-2,6-7,9H2. The Labute approximate surface area is 163 Å². The minimum atomic E-state index is -0.0399. The Bertz CT molecular complexity index is 1210. The highest BCUT2D eigenvalue weighted by Gasteiger charge is 2.20. The molecule has 0 saturated heterocycles. The zero-order valence-electron chi connectivity index (χ0n) is 14.3. The lowest BCUT2D eigenvalue weighted by Gasteiger charge is -2.10. The summed E-state index contributed by atoms with van der Waals surface area (Å²) in [5.74, 6) is 0.805. The molecule has 0 fully saturated rings. The minimum Gasteiger partial charge on any atom is -0.337 e. The molecular formula is C19H15ClN4O2S. The summed E-state index contributed by atoms with van der Waals surface area (Å²) in [5.41, 5.74) is 1.91. The van der Waals surface area contributed by atoms with Gasteiger partial charge in [-0.1, -0.05) is 28.9 Å². The first-order valence-electron chi connectivity index (χ1n) is 8.77. The van der Waals surface area contributed by atoms with E-state index >= 15 is 0 Å². The van der Waals surface area contributed by atoms with Crippen molar-refractivity contribution >= 4 is 33.2 Å². The molecule has 0 spiro atoms. The normalized spacial score (nSPS) is 13.8. The summed E-state index contributed by atoms with van der Waals surface area (Å²) in [6.07, 6.45) is 5.87. The van der Waals surface area contributed by atoms with Crippen molar-refractivity contribution in [3.05, 3.63) is 62.3 Å². The Kier molecular flexibility index (Phi) is 4.06. The number of rotatable bonds is 3. The fourth-order valence-electron chi connectivity index (χ4n) is 3.50. The predicted molar refractivity (Wildman–Crippen MR) is 104 cm³/mol. The molecule has 1 aliphatic carbocycles. The van der Waals surface area contributed by atoms with Crippen molar-refractivity contribution in [1.29, 1.82) is 0 Å². The Morgan fingerprint density at radius 2 is 2.15 bits per heavy atom. The van der Waals surface area contributed by atoms with Gasteiger partial charge in [0.25, 0.3) is 5.56 Å². The van der Waals surface area contributed by atoms with Crippen molar-refractivity contribution in [2.24, 2.45) is 0 Å². The fraction of sp³-hybridized carbons (Fsp3) is 0.263. The minimum absolute atomic E-state index is 0.0399. The van der Waals surface area contributed by atoms with Gasteiger partial charge in [0.05, 0.1) is 11.7 Å². The van der Waals surface area contributed by atoms with E-state index in [9.17, 15) is 4.79 Å². The molecule has 3 heterocycles. The number of aryl methyl sites for hydroxylation is 2. The highest BCUT2D eigenvalue weighted by molar-refractivity contribution is 7.18. The largest absolute Gasteiger partial charge is 0.337 e. The van der Waals surface area contributed by atoms with E-state index in [0.29, 0.717) is 16.7 Å². The molecular weight excluding hydrogens is 384 g/mol. The van der Waals surface area contributed by atoms with Crippen LogP contribution in [0.2, 0.25) is 5.02 Å². The second-order valence-electron chi connectivity index (χ2n) is 6.59. The van der Waals surface area contributed by atoms with Crippen LogP contribution in [0.1, 0.15) is 29.2 Å². The van der Waals surface area contributed by atoms with Gasteiger partial charge in [0.15, 0.2) is 0 Å². The molecule has 3 aromatic heterocycles. The highest BCUT2D eigenvalue weighted by atomic mass is 35.5. The van der Waals surface area contributed by atoms with Gasteiger partial charge in [0.2, 0.25) is 11.7 Å². The number of thiophene rings is 1. The third-order valence-electron chi connectivity index (χ3n) is 4.80. The van der Waals surface area contributed by atoms with Crippen molar-refractivity contribution in [1.82, 2.24) is 19.7 Å². The molecule has 6 nitrogen and oxygen atoms in total. The number of aromatic nitrogens is 4. The SMILES string of the molecule is O=c1c2c3c(sc2ncn1Cc1nc(-c2cccc(Cl)c2)no1)CCCC3. The predicted octanol–water partition coefficient (Wildman–Crippen LogP) is 4.09. The molecule has 0 atom stereocenters. The van der Waals surface area contributed by atoms with Crippen molar-refractivity contribution in [3.8, 4) is 11.4 Å². The summed E-state index contributed by atoms with van der Waals surface area (Å²) in [7, 11) is 0. The zero-order chi connectivity index (χ0) is 18.4. The van der Waals surface area contributed by atoms with Crippen molar-refractivity contribution in [2.75, 3.05) is 0 Å². The Hall–Kier alpha value is -2.51. The summed E-state index contributed by atoms with van der Waals surface area (Å²) in [5, 5.41) is 5.36. The molecule has 0 unspecified atom stereocenters. The van der Waals surface area contributed by atoms with Gasteiger partial charge in [-0.05, 0) is 43.4 Å². The van der Waals surface area contributed by atoms with Crippen LogP contribution in [0.4, 0.5) is 0 Å². The molecule has 0 amide bonds. The van der Waals surface area contributed by atoms with Crippen LogP contribution >= 0.6 is 22.9 Å². The van der Waals surface area contributed by atoms with Crippen LogP contribution in [-0.2, 0) is 19.4 Å². The quantitative estimate of drug-likeness (QED) is 0.519. The van der Waals surface area contributed by atoms with E-state index in [1.165, 1.54) is 16.9 Å². The first-order chi connectivity index (χ1) is 13.2. The number of halogens is 1. The number of hydrogen-bond acceptors (Lipinski definition) is 6. The molecule has 0 radical (unpaired) electrons. The van der Waals surface area contributed by atoms with E-state index in [1.807, 2.05) is 12.1 Å². The molecule has 1 aromatic carbocycles. The van der Waals surface area contributed by atoms with Gasteiger partial charge in [-0.25, -0.2) is 4.98 Å². The van der Waals surface area contributed by atoms with E-state index in [2.05, 4.69) is 15.1 Å². The van der Waals surface area contributed by atoms with Gasteiger partial charge in [-0.2, -0.15) is 4.98 Å². The highest BCUT2D eigenvalue weighted by Crippen LogP contribution is 2.33. The van der Waals surface area contributed by atoms with Gasteiger partial charge < -0.3 is 4.52 Å². The number of fused-ring (bicyclic) bond motifs is 3. The van der Waals surface area contributed by atoms with Gasteiger partial charge in [0.1, 0.15) is 11.4 Å². The summed E-state index contributed by atoms with van der Waals surface area (Å²) in [4.78, 5) is 24.0. The van der Waals surface area contributed by atoms with Crippen LogP contribution in [0.25, 0.3) is 21.6 Å². The van der Waals surface area contributed by atoms with Gasteiger partial charge in [-0.15, -0.1) is 11.3 Å².